The Hall–Kier alpha value is -1.07. The van der Waals surface area contributed by atoms with Crippen LogP contribution >= 0.6 is 15.9 Å². The van der Waals surface area contributed by atoms with Crippen molar-refractivity contribution in [3.8, 4) is 0 Å². The van der Waals surface area contributed by atoms with Crippen LogP contribution in [0.5, 0.6) is 0 Å². The molecule has 0 bridgehead atoms. The van der Waals surface area contributed by atoms with E-state index in [4.69, 9.17) is 0 Å². The van der Waals surface area contributed by atoms with Crippen molar-refractivity contribution in [1.29, 1.82) is 0 Å². The lowest BCUT2D eigenvalue weighted by molar-refractivity contribution is 0.469. The number of nitrogens with one attached hydrogen (secondary N) is 2. The van der Waals surface area contributed by atoms with Gasteiger partial charge in [-0.05, 0) is 37.6 Å². The summed E-state index contributed by atoms with van der Waals surface area (Å²) >= 11 is 3.40. The first kappa shape index (κ1) is 10.1. The Labute approximate surface area is 101 Å². The number of benzene rings is 1. The molecule has 5 heteroatoms. The lowest BCUT2D eigenvalue weighted by Gasteiger charge is -2.11. The Morgan fingerprint density at radius 2 is 2.31 bits per heavy atom. The maximum Gasteiger partial charge on any atom is 0.327 e. The molecule has 1 aliphatic heterocycles. The Balaban J connectivity index is 2.23. The van der Waals surface area contributed by atoms with Gasteiger partial charge in [-0.3, -0.25) is 9.88 Å². The lowest BCUT2D eigenvalue weighted by atomic mass is 10.3. The Morgan fingerprint density at radius 1 is 1.44 bits per heavy atom. The third-order valence-electron chi connectivity index (χ3n) is 3.02. The zero-order chi connectivity index (χ0) is 11.1. The lowest BCUT2D eigenvalue weighted by Crippen LogP contribution is -2.28. The summed E-state index contributed by atoms with van der Waals surface area (Å²) < 4.78 is 2.79. The third-order valence-corrected chi connectivity index (χ3v) is 3.52. The van der Waals surface area contributed by atoms with E-state index in [1.54, 1.807) is 0 Å². The van der Waals surface area contributed by atoms with Crippen LogP contribution in [0.1, 0.15) is 19.0 Å². The molecule has 1 aromatic heterocycles. The number of hydrogen-bond donors (Lipinski definition) is 2. The smallest absolute Gasteiger partial charge is 0.305 e. The second-order valence-corrected chi connectivity index (χ2v) is 4.99. The molecule has 2 heterocycles. The average molecular weight is 282 g/mol. The molecule has 0 radical (unpaired) electrons. The molecule has 1 saturated heterocycles. The number of fused-ring (bicyclic) bond motifs is 1. The van der Waals surface area contributed by atoms with Crippen LogP contribution in [0.25, 0.3) is 11.0 Å². The summed E-state index contributed by atoms with van der Waals surface area (Å²) in [7, 11) is 0. The summed E-state index contributed by atoms with van der Waals surface area (Å²) in [4.78, 5) is 14.8. The van der Waals surface area contributed by atoms with Crippen molar-refractivity contribution in [3.05, 3.63) is 33.2 Å². The second-order valence-electron chi connectivity index (χ2n) is 4.07. The highest BCUT2D eigenvalue weighted by atomic mass is 79.9. The minimum absolute atomic E-state index is 0.0347. The number of aromatic amines is 1. The third kappa shape index (κ3) is 1.51. The predicted octanol–water partition coefficient (Wildman–Crippen LogP) is 1.97. The molecule has 1 unspecified atom stereocenters. The normalized spacial score (nSPS) is 20.7. The van der Waals surface area contributed by atoms with Crippen molar-refractivity contribution >= 4 is 27.0 Å². The van der Waals surface area contributed by atoms with Crippen LogP contribution < -0.4 is 11.0 Å². The summed E-state index contributed by atoms with van der Waals surface area (Å²) in [6, 6.07) is 5.86. The molecule has 4 nitrogen and oxygen atoms in total. The molecule has 2 N–H and O–H groups in total. The molecule has 16 heavy (non-hydrogen) atoms. The maximum absolute atomic E-state index is 11.9. The second kappa shape index (κ2) is 3.75. The molecule has 1 aliphatic rings. The van der Waals surface area contributed by atoms with Crippen LogP contribution in [0.3, 0.4) is 0 Å². The van der Waals surface area contributed by atoms with E-state index in [1.807, 2.05) is 22.8 Å². The predicted molar refractivity (Wildman–Crippen MR) is 66.5 cm³/mol. The zero-order valence-electron chi connectivity index (χ0n) is 8.66. The van der Waals surface area contributed by atoms with Crippen molar-refractivity contribution in [1.82, 2.24) is 14.9 Å². The molecule has 1 aromatic carbocycles. The minimum Gasteiger partial charge on any atom is -0.305 e. The van der Waals surface area contributed by atoms with E-state index in [0.717, 1.165) is 34.9 Å². The summed E-state index contributed by atoms with van der Waals surface area (Å²) in [6.45, 7) is 0.986. The first-order valence-corrected chi connectivity index (χ1v) is 6.18. The van der Waals surface area contributed by atoms with E-state index in [9.17, 15) is 4.79 Å². The standard InChI is InChI=1S/C11H12BrN3O/c12-7-3-4-9-8(6-7)14-11(16)15(9)10-2-1-5-13-10/h3-4,6,10,13H,1-2,5H2,(H,14,16). The van der Waals surface area contributed by atoms with Gasteiger partial charge in [-0.2, -0.15) is 0 Å². The molecule has 84 valence electrons. The van der Waals surface area contributed by atoms with Gasteiger partial charge in [0.25, 0.3) is 0 Å². The van der Waals surface area contributed by atoms with E-state index in [0.29, 0.717) is 0 Å². The molecular formula is C11H12BrN3O. The van der Waals surface area contributed by atoms with Gasteiger partial charge < -0.3 is 4.98 Å². The first-order chi connectivity index (χ1) is 7.75. The van der Waals surface area contributed by atoms with Crippen LogP contribution in [0.2, 0.25) is 0 Å². The van der Waals surface area contributed by atoms with Crippen molar-refractivity contribution in [2.75, 3.05) is 6.54 Å². The zero-order valence-corrected chi connectivity index (χ0v) is 10.3. The van der Waals surface area contributed by atoms with E-state index in [1.165, 1.54) is 0 Å². The summed E-state index contributed by atoms with van der Waals surface area (Å²) in [5.74, 6) is 0. The molecular weight excluding hydrogens is 270 g/mol. The monoisotopic (exact) mass is 281 g/mol. The van der Waals surface area contributed by atoms with Crippen LogP contribution in [0.15, 0.2) is 27.5 Å². The SMILES string of the molecule is O=c1[nH]c2cc(Br)ccc2n1C1CCCN1. The van der Waals surface area contributed by atoms with E-state index >= 15 is 0 Å². The average Bonchev–Trinajstić information content (AvgIpc) is 2.83. The number of nitrogens with zero attached hydrogens (tertiary/aromatic N) is 1. The molecule has 3 rings (SSSR count). The van der Waals surface area contributed by atoms with Gasteiger partial charge in [0, 0.05) is 4.47 Å². The van der Waals surface area contributed by atoms with Crippen molar-refractivity contribution in [2.24, 2.45) is 0 Å². The number of hydrogen-bond acceptors (Lipinski definition) is 2. The summed E-state index contributed by atoms with van der Waals surface area (Å²) in [6.07, 6.45) is 2.28. The quantitative estimate of drug-likeness (QED) is 0.840. The maximum atomic E-state index is 11.9. The van der Waals surface area contributed by atoms with Crippen LogP contribution in [-0.2, 0) is 0 Å². The molecule has 0 amide bonds. The highest BCUT2D eigenvalue weighted by molar-refractivity contribution is 9.10. The molecule has 0 saturated carbocycles. The number of imidazole rings is 1. The Bertz CT molecular complexity index is 580. The van der Waals surface area contributed by atoms with Crippen molar-refractivity contribution in [2.45, 2.75) is 19.0 Å². The summed E-state index contributed by atoms with van der Waals surface area (Å²) in [5.41, 5.74) is 1.81. The van der Waals surface area contributed by atoms with Crippen LogP contribution in [0, 0.1) is 0 Å². The topological polar surface area (TPSA) is 49.8 Å². The van der Waals surface area contributed by atoms with Crippen LogP contribution in [-0.4, -0.2) is 16.1 Å². The van der Waals surface area contributed by atoms with Gasteiger partial charge >= 0.3 is 5.69 Å². The molecule has 1 atom stereocenters. The number of H-pyrrole nitrogens is 1. The van der Waals surface area contributed by atoms with Gasteiger partial charge in [0.2, 0.25) is 0 Å². The van der Waals surface area contributed by atoms with Gasteiger partial charge in [-0.25, -0.2) is 4.79 Å². The van der Waals surface area contributed by atoms with Gasteiger partial charge in [-0.15, -0.1) is 0 Å². The molecule has 0 spiro atoms. The Kier molecular flexibility index (Phi) is 2.37. The van der Waals surface area contributed by atoms with Gasteiger partial charge in [0.1, 0.15) is 0 Å². The van der Waals surface area contributed by atoms with Gasteiger partial charge in [0.05, 0.1) is 17.2 Å². The van der Waals surface area contributed by atoms with Crippen LogP contribution in [0.4, 0.5) is 0 Å². The molecule has 1 fully saturated rings. The fourth-order valence-electron chi connectivity index (χ4n) is 2.30. The Morgan fingerprint density at radius 3 is 3.06 bits per heavy atom. The fourth-order valence-corrected chi connectivity index (χ4v) is 2.66. The molecule has 0 aliphatic carbocycles. The largest absolute Gasteiger partial charge is 0.327 e. The fraction of sp³-hybridized carbons (Fsp3) is 0.364. The number of rotatable bonds is 1. The van der Waals surface area contributed by atoms with Gasteiger partial charge in [-0.1, -0.05) is 15.9 Å². The van der Waals surface area contributed by atoms with Crippen molar-refractivity contribution in [3.63, 3.8) is 0 Å². The van der Waals surface area contributed by atoms with Crippen molar-refractivity contribution < 1.29 is 0 Å². The highest BCUT2D eigenvalue weighted by Gasteiger charge is 2.20. The van der Waals surface area contributed by atoms with E-state index in [-0.39, 0.29) is 11.9 Å². The summed E-state index contributed by atoms with van der Waals surface area (Å²) in [5, 5.41) is 3.34. The van der Waals surface area contributed by atoms with E-state index in [2.05, 4.69) is 26.2 Å². The van der Waals surface area contributed by atoms with E-state index < -0.39 is 0 Å². The number of aromatic nitrogens is 2. The number of halogens is 1. The first-order valence-electron chi connectivity index (χ1n) is 5.39. The molecule has 2 aromatic rings. The minimum atomic E-state index is -0.0347. The highest BCUT2D eigenvalue weighted by Crippen LogP contribution is 2.22. The van der Waals surface area contributed by atoms with Gasteiger partial charge in [0.15, 0.2) is 0 Å².